The summed E-state index contributed by atoms with van der Waals surface area (Å²) >= 11 is 6.23. The molecule has 122 valence electrons. The van der Waals surface area contributed by atoms with Crippen LogP contribution < -0.4 is 11.1 Å². The van der Waals surface area contributed by atoms with Gasteiger partial charge < -0.3 is 5.73 Å². The molecule has 1 atom stereocenters. The van der Waals surface area contributed by atoms with Crippen molar-refractivity contribution in [1.82, 2.24) is 5.32 Å². The minimum Gasteiger partial charge on any atom is -0.370 e. The Kier molecular flexibility index (Phi) is 7.07. The SMILES string of the molecule is Cc1cccc(C[C@@H](C(=O)NC(=N)N)c2ccccc2Cl)c1.Cl. The number of aryl methyl sites for hydroxylation is 1. The number of benzene rings is 2. The van der Waals surface area contributed by atoms with Crippen LogP contribution in [0.2, 0.25) is 5.02 Å². The van der Waals surface area contributed by atoms with Gasteiger partial charge >= 0.3 is 0 Å². The first-order valence-corrected chi connectivity index (χ1v) is 7.30. The van der Waals surface area contributed by atoms with Gasteiger partial charge in [0.15, 0.2) is 5.96 Å². The number of carbonyl (C=O) groups is 1. The molecule has 0 radical (unpaired) electrons. The molecular formula is C17H19Cl2N3O. The number of halogens is 2. The third kappa shape index (κ3) is 5.27. The fourth-order valence-corrected chi connectivity index (χ4v) is 2.66. The van der Waals surface area contributed by atoms with E-state index in [2.05, 4.69) is 5.32 Å². The Morgan fingerprint density at radius 1 is 1.26 bits per heavy atom. The monoisotopic (exact) mass is 351 g/mol. The van der Waals surface area contributed by atoms with E-state index in [0.717, 1.165) is 16.7 Å². The van der Waals surface area contributed by atoms with E-state index < -0.39 is 5.92 Å². The third-order valence-corrected chi connectivity index (χ3v) is 3.72. The van der Waals surface area contributed by atoms with Crippen molar-refractivity contribution in [2.75, 3.05) is 0 Å². The lowest BCUT2D eigenvalue weighted by Crippen LogP contribution is -2.39. The van der Waals surface area contributed by atoms with Crippen molar-refractivity contribution in [2.24, 2.45) is 5.73 Å². The molecule has 0 saturated heterocycles. The molecule has 0 aliphatic carbocycles. The number of hydrogen-bond donors (Lipinski definition) is 3. The lowest BCUT2D eigenvalue weighted by molar-refractivity contribution is -0.121. The van der Waals surface area contributed by atoms with E-state index >= 15 is 0 Å². The molecule has 1 amide bonds. The van der Waals surface area contributed by atoms with Gasteiger partial charge in [0.1, 0.15) is 0 Å². The van der Waals surface area contributed by atoms with E-state index in [0.29, 0.717) is 11.4 Å². The first-order valence-electron chi connectivity index (χ1n) is 6.92. The van der Waals surface area contributed by atoms with Gasteiger partial charge in [-0.2, -0.15) is 0 Å². The molecule has 0 fully saturated rings. The highest BCUT2D eigenvalue weighted by Gasteiger charge is 2.23. The van der Waals surface area contributed by atoms with Crippen LogP contribution >= 0.6 is 24.0 Å². The van der Waals surface area contributed by atoms with Crippen LogP contribution in [-0.2, 0) is 11.2 Å². The first kappa shape index (κ1) is 19.0. The number of rotatable bonds is 4. The van der Waals surface area contributed by atoms with E-state index in [-0.39, 0.29) is 24.3 Å². The molecule has 2 aromatic rings. The molecule has 6 heteroatoms. The van der Waals surface area contributed by atoms with Crippen molar-refractivity contribution in [3.05, 3.63) is 70.2 Å². The van der Waals surface area contributed by atoms with Crippen LogP contribution in [0.25, 0.3) is 0 Å². The van der Waals surface area contributed by atoms with E-state index in [1.54, 1.807) is 6.07 Å². The molecule has 0 saturated carbocycles. The number of nitrogens with one attached hydrogen (secondary N) is 2. The Labute approximate surface area is 147 Å². The topological polar surface area (TPSA) is 79.0 Å². The summed E-state index contributed by atoms with van der Waals surface area (Å²) in [7, 11) is 0. The summed E-state index contributed by atoms with van der Waals surface area (Å²) in [5.74, 6) is -1.20. The first-order chi connectivity index (χ1) is 10.5. The second-order valence-corrected chi connectivity index (χ2v) is 5.58. The van der Waals surface area contributed by atoms with Crippen molar-refractivity contribution in [1.29, 1.82) is 5.41 Å². The van der Waals surface area contributed by atoms with Gasteiger partial charge in [0.05, 0.1) is 5.92 Å². The average Bonchev–Trinajstić information content (AvgIpc) is 2.45. The molecule has 0 unspecified atom stereocenters. The summed E-state index contributed by atoms with van der Waals surface area (Å²) in [6.45, 7) is 2.00. The van der Waals surface area contributed by atoms with Crippen molar-refractivity contribution in [3.63, 3.8) is 0 Å². The summed E-state index contributed by atoms with van der Waals surface area (Å²) in [5, 5.41) is 10.2. The minimum atomic E-state index is -0.501. The maximum atomic E-state index is 12.4. The third-order valence-electron chi connectivity index (χ3n) is 3.38. The molecule has 0 spiro atoms. The Hall–Kier alpha value is -2.04. The molecular weight excluding hydrogens is 333 g/mol. The second-order valence-electron chi connectivity index (χ2n) is 5.17. The highest BCUT2D eigenvalue weighted by Crippen LogP contribution is 2.28. The molecule has 0 aromatic heterocycles. The van der Waals surface area contributed by atoms with Gasteiger partial charge in [-0.1, -0.05) is 59.6 Å². The lowest BCUT2D eigenvalue weighted by Gasteiger charge is -2.18. The van der Waals surface area contributed by atoms with Crippen LogP contribution in [-0.4, -0.2) is 11.9 Å². The largest absolute Gasteiger partial charge is 0.370 e. The molecule has 0 aliphatic rings. The van der Waals surface area contributed by atoms with Gasteiger partial charge in [-0.05, 0) is 30.5 Å². The van der Waals surface area contributed by atoms with Crippen LogP contribution in [0.4, 0.5) is 0 Å². The summed E-state index contributed by atoms with van der Waals surface area (Å²) in [6.07, 6.45) is 0.491. The van der Waals surface area contributed by atoms with Crippen LogP contribution in [0, 0.1) is 12.3 Å². The molecule has 0 bridgehead atoms. The predicted octanol–water partition coefficient (Wildman–Crippen LogP) is 3.41. The van der Waals surface area contributed by atoms with Gasteiger partial charge in [-0.15, -0.1) is 12.4 Å². The highest BCUT2D eigenvalue weighted by atomic mass is 35.5. The van der Waals surface area contributed by atoms with Gasteiger partial charge in [-0.3, -0.25) is 15.5 Å². The molecule has 2 aromatic carbocycles. The summed E-state index contributed by atoms with van der Waals surface area (Å²) in [4.78, 5) is 12.4. The smallest absolute Gasteiger partial charge is 0.234 e. The maximum Gasteiger partial charge on any atom is 0.234 e. The summed E-state index contributed by atoms with van der Waals surface area (Å²) in [5.41, 5.74) is 8.17. The normalized spacial score (nSPS) is 11.2. The van der Waals surface area contributed by atoms with Gasteiger partial charge in [0.2, 0.25) is 5.91 Å². The Balaban J connectivity index is 0.00000264. The number of nitrogens with two attached hydrogens (primary N) is 1. The number of carbonyl (C=O) groups excluding carboxylic acids is 1. The Morgan fingerprint density at radius 3 is 2.57 bits per heavy atom. The van der Waals surface area contributed by atoms with Crippen LogP contribution in [0.15, 0.2) is 48.5 Å². The number of amides is 1. The zero-order chi connectivity index (χ0) is 16.1. The van der Waals surface area contributed by atoms with E-state index in [4.69, 9.17) is 22.7 Å². The molecule has 4 nitrogen and oxygen atoms in total. The number of hydrogen-bond acceptors (Lipinski definition) is 2. The minimum absolute atomic E-state index is 0. The summed E-state index contributed by atoms with van der Waals surface area (Å²) in [6, 6.07) is 15.2. The average molecular weight is 352 g/mol. The molecule has 23 heavy (non-hydrogen) atoms. The predicted molar refractivity (Wildman–Crippen MR) is 96.4 cm³/mol. The van der Waals surface area contributed by atoms with Gasteiger partial charge in [-0.25, -0.2) is 0 Å². The number of guanidine groups is 1. The van der Waals surface area contributed by atoms with Crippen LogP contribution in [0.3, 0.4) is 0 Å². The standard InChI is InChI=1S/C17H18ClN3O.ClH/c1-11-5-4-6-12(9-11)10-14(16(22)21-17(19)20)13-7-2-3-8-15(13)18;/h2-9,14H,10H2,1H3,(H4,19,20,21,22);1H/t14-;/m1./s1. The maximum absolute atomic E-state index is 12.4. The zero-order valence-electron chi connectivity index (χ0n) is 12.7. The van der Waals surface area contributed by atoms with Gasteiger partial charge in [0.25, 0.3) is 0 Å². The van der Waals surface area contributed by atoms with Crippen molar-refractivity contribution >= 4 is 35.9 Å². The Bertz CT molecular complexity index is 704. The zero-order valence-corrected chi connectivity index (χ0v) is 14.2. The van der Waals surface area contributed by atoms with Crippen LogP contribution in [0.1, 0.15) is 22.6 Å². The highest BCUT2D eigenvalue weighted by molar-refractivity contribution is 6.31. The molecule has 4 N–H and O–H groups in total. The summed E-state index contributed by atoms with van der Waals surface area (Å²) < 4.78 is 0. The van der Waals surface area contributed by atoms with E-state index in [1.807, 2.05) is 49.4 Å². The fourth-order valence-electron chi connectivity index (χ4n) is 2.40. The van der Waals surface area contributed by atoms with Crippen molar-refractivity contribution in [3.8, 4) is 0 Å². The van der Waals surface area contributed by atoms with E-state index in [1.165, 1.54) is 0 Å². The Morgan fingerprint density at radius 2 is 1.96 bits per heavy atom. The second kappa shape index (κ2) is 8.56. The molecule has 0 heterocycles. The van der Waals surface area contributed by atoms with Crippen molar-refractivity contribution < 1.29 is 4.79 Å². The quantitative estimate of drug-likeness (QED) is 0.582. The van der Waals surface area contributed by atoms with Crippen molar-refractivity contribution in [2.45, 2.75) is 19.3 Å². The molecule has 2 rings (SSSR count). The molecule has 0 aliphatic heterocycles. The van der Waals surface area contributed by atoms with E-state index in [9.17, 15) is 4.79 Å². The lowest BCUT2D eigenvalue weighted by atomic mass is 9.90. The fraction of sp³-hybridized carbons (Fsp3) is 0.176. The van der Waals surface area contributed by atoms with Gasteiger partial charge in [0, 0.05) is 5.02 Å². The van der Waals surface area contributed by atoms with Crippen LogP contribution in [0.5, 0.6) is 0 Å².